The predicted octanol–water partition coefficient (Wildman–Crippen LogP) is 1.48. The Bertz CT molecular complexity index is 560. The molecule has 0 spiro atoms. The largest absolute Gasteiger partial charge is 0.493 e. The molecule has 1 aromatic carbocycles. The lowest BCUT2D eigenvalue weighted by Crippen LogP contribution is -1.98. The molecular weight excluding hydrogens is 214 g/mol. The maximum atomic E-state index is 5.60. The third kappa shape index (κ3) is 1.70. The quantitative estimate of drug-likeness (QED) is 0.848. The summed E-state index contributed by atoms with van der Waals surface area (Å²) < 4.78 is 7.38. The first kappa shape index (κ1) is 10.4. The van der Waals surface area contributed by atoms with Crippen LogP contribution in [0.15, 0.2) is 24.3 Å². The Morgan fingerprint density at radius 1 is 1.41 bits per heavy atom. The van der Waals surface area contributed by atoms with Crippen molar-refractivity contribution in [3.63, 3.8) is 0 Å². The molecule has 0 radical (unpaired) electrons. The molecule has 17 heavy (non-hydrogen) atoms. The van der Waals surface area contributed by atoms with Crippen LogP contribution in [0.1, 0.15) is 11.3 Å². The van der Waals surface area contributed by atoms with Crippen molar-refractivity contribution in [2.45, 2.75) is 13.0 Å². The summed E-state index contributed by atoms with van der Waals surface area (Å²) in [5, 5.41) is 4.36. The highest BCUT2D eigenvalue weighted by atomic mass is 16.5. The molecule has 0 amide bonds. The molecule has 0 saturated carbocycles. The Morgan fingerprint density at radius 2 is 2.29 bits per heavy atom. The second-order valence-corrected chi connectivity index (χ2v) is 4.27. The molecule has 0 atom stereocenters. The smallest absolute Gasteiger partial charge is 0.122 e. The van der Waals surface area contributed by atoms with Crippen molar-refractivity contribution < 1.29 is 4.74 Å². The molecule has 0 bridgehead atoms. The van der Waals surface area contributed by atoms with Crippen LogP contribution in [0.2, 0.25) is 0 Å². The fourth-order valence-corrected chi connectivity index (χ4v) is 2.24. The van der Waals surface area contributed by atoms with Gasteiger partial charge in [-0.25, -0.2) is 0 Å². The minimum atomic E-state index is 0.474. The van der Waals surface area contributed by atoms with Crippen LogP contribution in [0.25, 0.3) is 11.3 Å². The second kappa shape index (κ2) is 3.89. The monoisotopic (exact) mass is 229 g/mol. The molecule has 0 saturated heterocycles. The first-order chi connectivity index (χ1) is 8.28. The lowest BCUT2D eigenvalue weighted by Gasteiger charge is -2.04. The van der Waals surface area contributed by atoms with Gasteiger partial charge in [0.1, 0.15) is 5.75 Å². The van der Waals surface area contributed by atoms with Crippen molar-refractivity contribution in [3.8, 4) is 17.0 Å². The van der Waals surface area contributed by atoms with E-state index in [2.05, 4.69) is 17.2 Å². The summed E-state index contributed by atoms with van der Waals surface area (Å²) in [5.41, 5.74) is 10.1. The fourth-order valence-electron chi connectivity index (χ4n) is 2.24. The number of aromatic nitrogens is 2. The molecule has 88 valence electrons. The zero-order valence-corrected chi connectivity index (χ0v) is 9.81. The molecule has 1 aromatic heterocycles. The van der Waals surface area contributed by atoms with Gasteiger partial charge in [-0.1, -0.05) is 0 Å². The highest BCUT2D eigenvalue weighted by Gasteiger charge is 2.14. The molecule has 0 unspecified atom stereocenters. The Morgan fingerprint density at radius 3 is 3.06 bits per heavy atom. The number of rotatable bonds is 2. The Kier molecular flexibility index (Phi) is 2.37. The van der Waals surface area contributed by atoms with Gasteiger partial charge in [-0.15, -0.1) is 0 Å². The van der Waals surface area contributed by atoms with Crippen molar-refractivity contribution >= 4 is 0 Å². The summed E-state index contributed by atoms with van der Waals surface area (Å²) in [4.78, 5) is 0. The molecular formula is C13H15N3O. The van der Waals surface area contributed by atoms with Gasteiger partial charge >= 0.3 is 0 Å². The van der Waals surface area contributed by atoms with Gasteiger partial charge in [-0.3, -0.25) is 4.68 Å². The van der Waals surface area contributed by atoms with Gasteiger partial charge in [0.05, 0.1) is 18.0 Å². The average Bonchev–Trinajstić information content (AvgIpc) is 2.93. The Balaban J connectivity index is 2.06. The maximum absolute atomic E-state index is 5.60. The van der Waals surface area contributed by atoms with Crippen LogP contribution in [-0.2, 0) is 20.0 Å². The number of hydrogen-bond acceptors (Lipinski definition) is 3. The number of aryl methyl sites for hydroxylation is 1. The molecule has 4 heteroatoms. The third-order valence-corrected chi connectivity index (χ3v) is 3.12. The topological polar surface area (TPSA) is 53.1 Å². The fraction of sp³-hybridized carbons (Fsp3) is 0.308. The number of ether oxygens (including phenoxy) is 1. The van der Waals surface area contributed by atoms with E-state index in [1.54, 1.807) is 0 Å². The summed E-state index contributed by atoms with van der Waals surface area (Å²) in [6.07, 6.45) is 0.991. The summed E-state index contributed by atoms with van der Waals surface area (Å²) in [6.45, 7) is 1.26. The van der Waals surface area contributed by atoms with E-state index in [0.717, 1.165) is 30.2 Å². The summed E-state index contributed by atoms with van der Waals surface area (Å²) >= 11 is 0. The summed E-state index contributed by atoms with van der Waals surface area (Å²) in [5.74, 6) is 1.01. The van der Waals surface area contributed by atoms with Gasteiger partial charge < -0.3 is 10.5 Å². The van der Waals surface area contributed by atoms with E-state index < -0.39 is 0 Å². The lowest BCUT2D eigenvalue weighted by atomic mass is 10.1. The number of nitrogens with two attached hydrogens (primary N) is 1. The van der Waals surface area contributed by atoms with Crippen LogP contribution >= 0.6 is 0 Å². The first-order valence-corrected chi connectivity index (χ1v) is 5.77. The van der Waals surface area contributed by atoms with E-state index in [0.29, 0.717) is 6.54 Å². The van der Waals surface area contributed by atoms with E-state index in [1.807, 2.05) is 23.9 Å². The first-order valence-electron chi connectivity index (χ1n) is 5.77. The zero-order valence-electron chi connectivity index (χ0n) is 9.81. The van der Waals surface area contributed by atoms with Gasteiger partial charge in [-0.05, 0) is 29.8 Å². The highest BCUT2D eigenvalue weighted by molar-refractivity contribution is 5.63. The molecule has 1 aliphatic rings. The SMILES string of the molecule is Cn1nc(CN)cc1-c1ccc2c(c1)CCO2. The third-order valence-electron chi connectivity index (χ3n) is 3.12. The van der Waals surface area contributed by atoms with Gasteiger partial charge in [0.25, 0.3) is 0 Å². The zero-order chi connectivity index (χ0) is 11.8. The van der Waals surface area contributed by atoms with Crippen LogP contribution < -0.4 is 10.5 Å². The minimum Gasteiger partial charge on any atom is -0.493 e. The molecule has 4 nitrogen and oxygen atoms in total. The minimum absolute atomic E-state index is 0.474. The second-order valence-electron chi connectivity index (χ2n) is 4.27. The van der Waals surface area contributed by atoms with E-state index in [4.69, 9.17) is 10.5 Å². The number of fused-ring (bicyclic) bond motifs is 1. The van der Waals surface area contributed by atoms with E-state index in [9.17, 15) is 0 Å². The van der Waals surface area contributed by atoms with Gasteiger partial charge in [0, 0.05) is 25.6 Å². The van der Waals surface area contributed by atoms with E-state index >= 15 is 0 Å². The number of hydrogen-bond donors (Lipinski definition) is 1. The van der Waals surface area contributed by atoms with Crippen molar-refractivity contribution in [1.82, 2.24) is 9.78 Å². The molecule has 0 fully saturated rings. The van der Waals surface area contributed by atoms with Crippen molar-refractivity contribution in [2.75, 3.05) is 6.61 Å². The van der Waals surface area contributed by atoms with Crippen LogP contribution in [-0.4, -0.2) is 16.4 Å². The van der Waals surface area contributed by atoms with Gasteiger partial charge in [0.15, 0.2) is 0 Å². The van der Waals surface area contributed by atoms with E-state index in [-0.39, 0.29) is 0 Å². The normalized spacial score (nSPS) is 13.5. The number of benzene rings is 1. The predicted molar refractivity (Wildman–Crippen MR) is 65.7 cm³/mol. The van der Waals surface area contributed by atoms with Crippen LogP contribution in [0.3, 0.4) is 0 Å². The number of nitrogens with zero attached hydrogens (tertiary/aromatic N) is 2. The summed E-state index contributed by atoms with van der Waals surface area (Å²) in [6, 6.07) is 8.32. The van der Waals surface area contributed by atoms with Crippen LogP contribution in [0.4, 0.5) is 0 Å². The average molecular weight is 229 g/mol. The van der Waals surface area contributed by atoms with Gasteiger partial charge in [-0.2, -0.15) is 5.10 Å². The molecule has 2 aromatic rings. The Labute approximate surface area is 100 Å². The van der Waals surface area contributed by atoms with Crippen LogP contribution in [0.5, 0.6) is 5.75 Å². The Hall–Kier alpha value is -1.81. The van der Waals surface area contributed by atoms with Crippen LogP contribution in [0, 0.1) is 0 Å². The molecule has 2 heterocycles. The van der Waals surface area contributed by atoms with E-state index in [1.165, 1.54) is 11.1 Å². The van der Waals surface area contributed by atoms with Gasteiger partial charge in [0.2, 0.25) is 0 Å². The van der Waals surface area contributed by atoms with Crippen molar-refractivity contribution in [3.05, 3.63) is 35.5 Å². The summed E-state index contributed by atoms with van der Waals surface area (Å²) in [7, 11) is 1.94. The molecule has 0 aliphatic carbocycles. The maximum Gasteiger partial charge on any atom is 0.122 e. The molecule has 2 N–H and O–H groups in total. The standard InChI is InChI=1S/C13H15N3O/c1-16-12(7-11(8-14)15-16)9-2-3-13-10(6-9)4-5-17-13/h2-3,6-7H,4-5,8,14H2,1H3. The van der Waals surface area contributed by atoms with Crippen molar-refractivity contribution in [2.24, 2.45) is 12.8 Å². The molecule has 1 aliphatic heterocycles. The highest BCUT2D eigenvalue weighted by Crippen LogP contribution is 2.30. The van der Waals surface area contributed by atoms with Crippen molar-refractivity contribution in [1.29, 1.82) is 0 Å². The molecule has 3 rings (SSSR count). The lowest BCUT2D eigenvalue weighted by molar-refractivity contribution is 0.357.